The third-order valence-electron chi connectivity index (χ3n) is 4.20. The first-order valence-corrected chi connectivity index (χ1v) is 7.71. The molecule has 1 aliphatic rings. The van der Waals surface area contributed by atoms with Crippen molar-refractivity contribution in [2.45, 2.75) is 19.0 Å². The van der Waals surface area contributed by atoms with Gasteiger partial charge in [0, 0.05) is 31.2 Å². The van der Waals surface area contributed by atoms with Crippen molar-refractivity contribution >= 4 is 22.8 Å². The lowest BCUT2D eigenvalue weighted by Crippen LogP contribution is -2.55. The van der Waals surface area contributed by atoms with E-state index in [1.54, 1.807) is 24.4 Å². The summed E-state index contributed by atoms with van der Waals surface area (Å²) in [6, 6.07) is 5.83. The van der Waals surface area contributed by atoms with Crippen LogP contribution in [0.25, 0.3) is 10.9 Å². The normalized spacial score (nSPS) is 18.4. The maximum absolute atomic E-state index is 13.9. The van der Waals surface area contributed by atoms with Crippen LogP contribution in [-0.4, -0.2) is 48.0 Å². The Morgan fingerprint density at radius 1 is 1.46 bits per heavy atom. The van der Waals surface area contributed by atoms with E-state index in [0.717, 1.165) is 5.56 Å². The highest BCUT2D eigenvalue weighted by Crippen LogP contribution is 2.23. The zero-order valence-corrected chi connectivity index (χ0v) is 13.3. The number of amides is 1. The number of esters is 1. The van der Waals surface area contributed by atoms with Gasteiger partial charge in [-0.15, -0.1) is 0 Å². The summed E-state index contributed by atoms with van der Waals surface area (Å²) in [5, 5.41) is 3.20. The van der Waals surface area contributed by atoms with E-state index >= 15 is 0 Å². The summed E-state index contributed by atoms with van der Waals surface area (Å²) in [6.45, 7) is 1.51. The largest absolute Gasteiger partial charge is 0.469 e. The molecule has 2 heterocycles. The summed E-state index contributed by atoms with van der Waals surface area (Å²) >= 11 is 0. The summed E-state index contributed by atoms with van der Waals surface area (Å²) in [7, 11) is 1.30. The molecule has 0 aliphatic carbocycles. The molecule has 2 aromatic rings. The Kier molecular flexibility index (Phi) is 4.71. The lowest BCUT2D eigenvalue weighted by molar-refractivity contribution is -0.146. The second-order valence-electron chi connectivity index (χ2n) is 5.66. The Hall–Kier alpha value is -2.54. The van der Waals surface area contributed by atoms with Gasteiger partial charge in [-0.25, -0.2) is 4.39 Å². The molecule has 0 unspecified atom stereocenters. The summed E-state index contributed by atoms with van der Waals surface area (Å²) in [6.07, 6.45) is 1.59. The van der Waals surface area contributed by atoms with Gasteiger partial charge in [0.2, 0.25) is 5.91 Å². The Morgan fingerprint density at radius 3 is 3.08 bits per heavy atom. The molecule has 126 valence electrons. The minimum Gasteiger partial charge on any atom is -0.469 e. The van der Waals surface area contributed by atoms with E-state index in [0.29, 0.717) is 30.5 Å². The van der Waals surface area contributed by atoms with Gasteiger partial charge >= 0.3 is 5.97 Å². The standard InChI is InChI=1S/C17H18FN3O3/c1-24-15(22)9-14-17(23)20-7-8-21(14)10-11-4-5-13(18)12-3-2-6-19-16(11)12/h2-6,14H,7-10H2,1H3,(H,20,23)/t14-/m1/s1. The number of hydrogen-bond acceptors (Lipinski definition) is 5. The zero-order valence-electron chi connectivity index (χ0n) is 13.3. The first-order valence-electron chi connectivity index (χ1n) is 7.71. The predicted octanol–water partition coefficient (Wildman–Crippen LogP) is 1.24. The number of fused-ring (bicyclic) bond motifs is 1. The molecule has 7 heteroatoms. The van der Waals surface area contributed by atoms with Crippen LogP contribution in [0.3, 0.4) is 0 Å². The minimum atomic E-state index is -0.602. The maximum atomic E-state index is 13.9. The zero-order chi connectivity index (χ0) is 17.1. The Bertz CT molecular complexity index is 781. The lowest BCUT2D eigenvalue weighted by Gasteiger charge is -2.34. The molecule has 1 N–H and O–H groups in total. The number of carbonyl (C=O) groups excluding carboxylic acids is 2. The number of nitrogens with zero attached hydrogens (tertiary/aromatic N) is 2. The van der Waals surface area contributed by atoms with E-state index in [4.69, 9.17) is 0 Å². The van der Waals surface area contributed by atoms with Crippen molar-refractivity contribution in [2.24, 2.45) is 0 Å². The van der Waals surface area contributed by atoms with Gasteiger partial charge in [-0.05, 0) is 23.8 Å². The molecule has 1 aliphatic heterocycles. The number of pyridine rings is 1. The Balaban J connectivity index is 1.89. The summed E-state index contributed by atoms with van der Waals surface area (Å²) in [5.74, 6) is -0.973. The van der Waals surface area contributed by atoms with Crippen molar-refractivity contribution in [2.75, 3.05) is 20.2 Å². The number of rotatable bonds is 4. The van der Waals surface area contributed by atoms with Crippen LogP contribution < -0.4 is 5.32 Å². The number of ether oxygens (including phenoxy) is 1. The van der Waals surface area contributed by atoms with Crippen molar-refractivity contribution in [3.8, 4) is 0 Å². The molecule has 1 atom stereocenters. The number of piperazine rings is 1. The van der Waals surface area contributed by atoms with Crippen molar-refractivity contribution in [1.82, 2.24) is 15.2 Å². The highest BCUT2D eigenvalue weighted by molar-refractivity contribution is 5.87. The summed E-state index contributed by atoms with van der Waals surface area (Å²) in [5.41, 5.74) is 1.39. The molecule has 1 aromatic heterocycles. The summed E-state index contributed by atoms with van der Waals surface area (Å²) in [4.78, 5) is 29.9. The number of aromatic nitrogens is 1. The van der Waals surface area contributed by atoms with Crippen molar-refractivity contribution in [3.05, 3.63) is 41.8 Å². The van der Waals surface area contributed by atoms with E-state index in [2.05, 4.69) is 15.0 Å². The van der Waals surface area contributed by atoms with Gasteiger partial charge in [-0.1, -0.05) is 6.07 Å². The van der Waals surface area contributed by atoms with E-state index in [-0.39, 0.29) is 18.1 Å². The van der Waals surface area contributed by atoms with Gasteiger partial charge in [-0.3, -0.25) is 19.5 Å². The molecule has 3 rings (SSSR count). The van der Waals surface area contributed by atoms with Gasteiger partial charge in [0.25, 0.3) is 0 Å². The van der Waals surface area contributed by atoms with Gasteiger partial charge in [0.05, 0.1) is 19.0 Å². The van der Waals surface area contributed by atoms with Crippen molar-refractivity contribution in [3.63, 3.8) is 0 Å². The average molecular weight is 331 g/mol. The predicted molar refractivity (Wildman–Crippen MR) is 85.5 cm³/mol. The monoisotopic (exact) mass is 331 g/mol. The van der Waals surface area contributed by atoms with E-state index in [9.17, 15) is 14.0 Å². The molecular weight excluding hydrogens is 313 g/mol. The second kappa shape index (κ2) is 6.92. The molecule has 6 nitrogen and oxygen atoms in total. The van der Waals surface area contributed by atoms with Gasteiger partial charge in [-0.2, -0.15) is 0 Å². The summed E-state index contributed by atoms with van der Waals surface area (Å²) < 4.78 is 18.6. The quantitative estimate of drug-likeness (QED) is 0.854. The van der Waals surface area contributed by atoms with E-state index in [1.807, 2.05) is 4.90 Å². The van der Waals surface area contributed by atoms with E-state index < -0.39 is 12.0 Å². The molecule has 1 fully saturated rings. The van der Waals surface area contributed by atoms with Gasteiger partial charge in [0.1, 0.15) is 11.9 Å². The highest BCUT2D eigenvalue weighted by atomic mass is 19.1. The fourth-order valence-electron chi connectivity index (χ4n) is 2.96. The lowest BCUT2D eigenvalue weighted by atomic mass is 10.0. The van der Waals surface area contributed by atoms with Crippen molar-refractivity contribution in [1.29, 1.82) is 0 Å². The number of nitrogens with one attached hydrogen (secondary N) is 1. The molecular formula is C17H18FN3O3. The number of methoxy groups -OCH3 is 1. The van der Waals surface area contributed by atoms with Crippen LogP contribution in [0.4, 0.5) is 4.39 Å². The second-order valence-corrected chi connectivity index (χ2v) is 5.66. The minimum absolute atomic E-state index is 0.0190. The molecule has 0 bridgehead atoms. The molecule has 1 amide bonds. The molecule has 1 aromatic carbocycles. The first kappa shape index (κ1) is 16.3. The molecule has 0 radical (unpaired) electrons. The topological polar surface area (TPSA) is 71.5 Å². The maximum Gasteiger partial charge on any atom is 0.307 e. The molecule has 1 saturated heterocycles. The molecule has 0 spiro atoms. The highest BCUT2D eigenvalue weighted by Gasteiger charge is 2.32. The van der Waals surface area contributed by atoms with Crippen LogP contribution in [0.5, 0.6) is 0 Å². The fraction of sp³-hybridized carbons (Fsp3) is 0.353. The van der Waals surface area contributed by atoms with Gasteiger partial charge in [0.15, 0.2) is 0 Å². The number of benzene rings is 1. The van der Waals surface area contributed by atoms with Crippen LogP contribution in [0.15, 0.2) is 30.5 Å². The Morgan fingerprint density at radius 2 is 2.29 bits per heavy atom. The molecule has 24 heavy (non-hydrogen) atoms. The van der Waals surface area contributed by atoms with Crippen LogP contribution in [0, 0.1) is 5.82 Å². The van der Waals surface area contributed by atoms with Crippen LogP contribution >= 0.6 is 0 Å². The SMILES string of the molecule is COC(=O)C[C@@H]1C(=O)NCCN1Cc1ccc(F)c2cccnc12. The van der Waals surface area contributed by atoms with Gasteiger partial charge < -0.3 is 10.1 Å². The Labute approximate surface area is 138 Å². The van der Waals surface area contributed by atoms with Crippen LogP contribution in [0.2, 0.25) is 0 Å². The fourth-order valence-corrected chi connectivity index (χ4v) is 2.96. The number of hydrogen-bond donors (Lipinski definition) is 1. The van der Waals surface area contributed by atoms with Crippen LogP contribution in [0.1, 0.15) is 12.0 Å². The average Bonchev–Trinajstić information content (AvgIpc) is 2.60. The van der Waals surface area contributed by atoms with Crippen molar-refractivity contribution < 1.29 is 18.7 Å². The number of halogens is 1. The van der Waals surface area contributed by atoms with Crippen LogP contribution in [-0.2, 0) is 20.9 Å². The number of carbonyl (C=O) groups is 2. The molecule has 0 saturated carbocycles. The first-order chi connectivity index (χ1) is 11.6. The third kappa shape index (κ3) is 3.21. The third-order valence-corrected chi connectivity index (χ3v) is 4.20. The van der Waals surface area contributed by atoms with E-state index in [1.165, 1.54) is 13.2 Å². The smallest absolute Gasteiger partial charge is 0.307 e.